The summed E-state index contributed by atoms with van der Waals surface area (Å²) in [7, 11) is 0. The fraction of sp³-hybridized carbons (Fsp3) is 0.462. The first kappa shape index (κ1) is 12.7. The Kier molecular flexibility index (Phi) is 4.04. The van der Waals surface area contributed by atoms with Gasteiger partial charge in [0.1, 0.15) is 0 Å². The van der Waals surface area contributed by atoms with Crippen LogP contribution in [0.4, 0.5) is 11.4 Å². The molecule has 0 bridgehead atoms. The molecule has 18 heavy (non-hydrogen) atoms. The number of carbonyl (C=O) groups excluding carboxylic acids is 1. The lowest BCUT2D eigenvalue weighted by atomic mass is 10.1. The Balaban J connectivity index is 1.93. The molecule has 98 valence electrons. The lowest BCUT2D eigenvalue weighted by molar-refractivity contribution is 0.100. The highest BCUT2D eigenvalue weighted by Gasteiger charge is 2.15. The molecule has 0 aliphatic carbocycles. The highest BCUT2D eigenvalue weighted by molar-refractivity contribution is 5.99. The van der Waals surface area contributed by atoms with Crippen molar-refractivity contribution >= 4 is 17.3 Å². The number of nitrogen functional groups attached to an aromatic ring is 1. The van der Waals surface area contributed by atoms with E-state index in [0.717, 1.165) is 38.1 Å². The molecule has 5 N–H and O–H groups in total. The third-order valence-electron chi connectivity index (χ3n) is 3.11. The van der Waals surface area contributed by atoms with Crippen molar-refractivity contribution in [2.24, 2.45) is 5.73 Å². The Labute approximate surface area is 106 Å². The number of carbonyl (C=O) groups is 1. The van der Waals surface area contributed by atoms with Gasteiger partial charge < -0.3 is 21.5 Å². The second kappa shape index (κ2) is 5.73. The number of amides is 1. The van der Waals surface area contributed by atoms with Gasteiger partial charge in [-0.05, 0) is 37.5 Å². The predicted octanol–water partition coefficient (Wildman–Crippen LogP) is 1.35. The van der Waals surface area contributed by atoms with Gasteiger partial charge in [0.15, 0.2) is 0 Å². The van der Waals surface area contributed by atoms with E-state index in [1.165, 1.54) is 0 Å². The van der Waals surface area contributed by atoms with Crippen LogP contribution in [0.5, 0.6) is 0 Å². The molecule has 0 spiro atoms. The van der Waals surface area contributed by atoms with E-state index in [2.05, 4.69) is 5.32 Å². The van der Waals surface area contributed by atoms with E-state index in [9.17, 15) is 4.79 Å². The average molecular weight is 249 g/mol. The summed E-state index contributed by atoms with van der Waals surface area (Å²) < 4.78 is 5.54. The zero-order chi connectivity index (χ0) is 13.0. The van der Waals surface area contributed by atoms with Crippen molar-refractivity contribution in [1.82, 2.24) is 0 Å². The Morgan fingerprint density at radius 1 is 1.50 bits per heavy atom. The maximum absolute atomic E-state index is 11.3. The normalized spacial score (nSPS) is 18.8. The quantitative estimate of drug-likeness (QED) is 0.687. The number of nitrogens with two attached hydrogens (primary N) is 2. The molecule has 5 heteroatoms. The number of ether oxygens (including phenoxy) is 1. The van der Waals surface area contributed by atoms with E-state index in [1.54, 1.807) is 18.2 Å². The van der Waals surface area contributed by atoms with Crippen LogP contribution in [0.25, 0.3) is 0 Å². The molecule has 1 aliphatic rings. The van der Waals surface area contributed by atoms with Gasteiger partial charge in [-0.3, -0.25) is 4.79 Å². The topological polar surface area (TPSA) is 90.4 Å². The van der Waals surface area contributed by atoms with Gasteiger partial charge in [-0.15, -0.1) is 0 Å². The summed E-state index contributed by atoms with van der Waals surface area (Å²) in [4.78, 5) is 11.3. The van der Waals surface area contributed by atoms with Crippen molar-refractivity contribution in [3.8, 4) is 0 Å². The minimum Gasteiger partial charge on any atom is -0.399 e. The van der Waals surface area contributed by atoms with Gasteiger partial charge in [-0.25, -0.2) is 0 Å². The summed E-state index contributed by atoms with van der Waals surface area (Å²) in [6.07, 6.45) is 3.52. The van der Waals surface area contributed by atoms with Crippen molar-refractivity contribution in [2.75, 3.05) is 24.2 Å². The van der Waals surface area contributed by atoms with Crippen LogP contribution in [0, 0.1) is 0 Å². The molecule has 5 nitrogen and oxygen atoms in total. The third kappa shape index (κ3) is 3.13. The van der Waals surface area contributed by atoms with Gasteiger partial charge >= 0.3 is 0 Å². The zero-order valence-electron chi connectivity index (χ0n) is 10.3. The van der Waals surface area contributed by atoms with E-state index >= 15 is 0 Å². The number of benzene rings is 1. The van der Waals surface area contributed by atoms with E-state index in [-0.39, 0.29) is 0 Å². The fourth-order valence-electron chi connectivity index (χ4n) is 2.16. The highest BCUT2D eigenvalue weighted by atomic mass is 16.5. The molecule has 1 aliphatic heterocycles. The maximum atomic E-state index is 11.3. The first-order chi connectivity index (χ1) is 8.66. The van der Waals surface area contributed by atoms with Crippen LogP contribution in [0.3, 0.4) is 0 Å². The van der Waals surface area contributed by atoms with Crippen molar-refractivity contribution in [3.63, 3.8) is 0 Å². The minimum absolute atomic E-state index is 0.336. The molecule has 1 fully saturated rings. The first-order valence-corrected chi connectivity index (χ1v) is 6.21. The van der Waals surface area contributed by atoms with Gasteiger partial charge in [0, 0.05) is 24.5 Å². The van der Waals surface area contributed by atoms with Crippen LogP contribution >= 0.6 is 0 Å². The average Bonchev–Trinajstić information content (AvgIpc) is 2.84. The smallest absolute Gasteiger partial charge is 0.250 e. The number of primary amides is 1. The van der Waals surface area contributed by atoms with Crippen LogP contribution in [0.2, 0.25) is 0 Å². The Morgan fingerprint density at radius 2 is 2.33 bits per heavy atom. The SMILES string of the molecule is NC(=O)c1cc(N)ccc1NCCC1CCCO1. The van der Waals surface area contributed by atoms with Crippen molar-refractivity contribution in [3.05, 3.63) is 23.8 Å². The summed E-state index contributed by atoms with van der Waals surface area (Å²) >= 11 is 0. The minimum atomic E-state index is -0.470. The van der Waals surface area contributed by atoms with Crippen LogP contribution in [0.1, 0.15) is 29.6 Å². The lowest BCUT2D eigenvalue weighted by Crippen LogP contribution is -2.17. The van der Waals surface area contributed by atoms with Crippen LogP contribution in [0.15, 0.2) is 18.2 Å². The molecular formula is C13H19N3O2. The predicted molar refractivity (Wildman–Crippen MR) is 71.5 cm³/mol. The summed E-state index contributed by atoms with van der Waals surface area (Å²) in [6, 6.07) is 5.13. The van der Waals surface area contributed by atoms with Gasteiger partial charge in [-0.2, -0.15) is 0 Å². The monoisotopic (exact) mass is 249 g/mol. The number of nitrogens with one attached hydrogen (secondary N) is 1. The standard InChI is InChI=1S/C13H19N3O2/c14-9-3-4-12(11(8-9)13(15)17)16-6-5-10-2-1-7-18-10/h3-4,8,10,16H,1-2,5-7,14H2,(H2,15,17). The van der Waals surface area contributed by atoms with E-state index < -0.39 is 5.91 Å². The first-order valence-electron chi connectivity index (χ1n) is 6.21. The summed E-state index contributed by atoms with van der Waals surface area (Å²) in [6.45, 7) is 1.62. The summed E-state index contributed by atoms with van der Waals surface area (Å²) in [5.74, 6) is -0.470. The van der Waals surface area contributed by atoms with E-state index in [4.69, 9.17) is 16.2 Å². The molecule has 1 heterocycles. The van der Waals surface area contributed by atoms with Gasteiger partial charge in [0.25, 0.3) is 5.91 Å². The fourth-order valence-corrected chi connectivity index (χ4v) is 2.16. The van der Waals surface area contributed by atoms with E-state index in [0.29, 0.717) is 17.4 Å². The number of hydrogen-bond donors (Lipinski definition) is 3. The Hall–Kier alpha value is -1.75. The summed E-state index contributed by atoms with van der Waals surface area (Å²) in [5.41, 5.74) is 12.7. The van der Waals surface area contributed by atoms with Gasteiger partial charge in [0.2, 0.25) is 0 Å². The molecule has 1 aromatic carbocycles. The second-order valence-electron chi connectivity index (χ2n) is 4.52. The van der Waals surface area contributed by atoms with Crippen molar-refractivity contribution in [1.29, 1.82) is 0 Å². The van der Waals surface area contributed by atoms with E-state index in [1.807, 2.05) is 0 Å². The Morgan fingerprint density at radius 3 is 3.00 bits per heavy atom. The van der Waals surface area contributed by atoms with Gasteiger partial charge in [0.05, 0.1) is 11.7 Å². The molecule has 1 unspecified atom stereocenters. The number of rotatable bonds is 5. The third-order valence-corrected chi connectivity index (χ3v) is 3.11. The molecular weight excluding hydrogens is 230 g/mol. The highest BCUT2D eigenvalue weighted by Crippen LogP contribution is 2.20. The number of anilines is 2. The molecule has 0 aromatic heterocycles. The lowest BCUT2D eigenvalue weighted by Gasteiger charge is -2.13. The molecule has 0 radical (unpaired) electrons. The molecule has 1 aromatic rings. The van der Waals surface area contributed by atoms with Crippen LogP contribution < -0.4 is 16.8 Å². The zero-order valence-corrected chi connectivity index (χ0v) is 10.3. The van der Waals surface area contributed by atoms with Gasteiger partial charge in [-0.1, -0.05) is 0 Å². The Bertz CT molecular complexity index is 428. The molecule has 1 atom stereocenters. The number of hydrogen-bond acceptors (Lipinski definition) is 4. The largest absolute Gasteiger partial charge is 0.399 e. The maximum Gasteiger partial charge on any atom is 0.250 e. The van der Waals surface area contributed by atoms with Crippen molar-refractivity contribution in [2.45, 2.75) is 25.4 Å². The van der Waals surface area contributed by atoms with Crippen molar-refractivity contribution < 1.29 is 9.53 Å². The molecule has 1 amide bonds. The van der Waals surface area contributed by atoms with Crippen LogP contribution in [-0.2, 0) is 4.74 Å². The summed E-state index contributed by atoms with van der Waals surface area (Å²) in [5, 5.41) is 3.21. The molecule has 0 saturated carbocycles. The molecule has 1 saturated heterocycles. The second-order valence-corrected chi connectivity index (χ2v) is 4.52. The molecule has 2 rings (SSSR count). The van der Waals surface area contributed by atoms with Crippen LogP contribution in [-0.4, -0.2) is 25.2 Å².